The number of nitrogens with one attached hydrogen (secondary N) is 1. The zero-order valence-corrected chi connectivity index (χ0v) is 12.8. The SMILES string of the molecule is CC(C)CC(NC1CCS(=O)CC1)C(=O)N(C)C. The average Bonchev–Trinajstić information content (AvgIpc) is 2.29. The summed E-state index contributed by atoms with van der Waals surface area (Å²) in [7, 11) is 2.96. The molecule has 1 unspecified atom stereocenters. The van der Waals surface area contributed by atoms with Gasteiger partial charge in [0.1, 0.15) is 0 Å². The van der Waals surface area contributed by atoms with E-state index in [1.54, 1.807) is 19.0 Å². The third-order valence-electron chi connectivity index (χ3n) is 3.27. The van der Waals surface area contributed by atoms with Crippen molar-refractivity contribution in [3.05, 3.63) is 0 Å². The first kappa shape index (κ1) is 15.6. The van der Waals surface area contributed by atoms with Gasteiger partial charge in [0, 0.05) is 42.4 Å². The summed E-state index contributed by atoms with van der Waals surface area (Å²) in [5, 5.41) is 3.46. The molecule has 18 heavy (non-hydrogen) atoms. The first-order chi connectivity index (χ1) is 8.40. The smallest absolute Gasteiger partial charge is 0.239 e. The van der Waals surface area contributed by atoms with Crippen LogP contribution in [-0.2, 0) is 15.6 Å². The summed E-state index contributed by atoms with van der Waals surface area (Å²) in [5.41, 5.74) is 0. The van der Waals surface area contributed by atoms with E-state index in [1.165, 1.54) is 0 Å². The lowest BCUT2D eigenvalue weighted by atomic mass is 10.0. The average molecular weight is 274 g/mol. The van der Waals surface area contributed by atoms with Gasteiger partial charge in [-0.25, -0.2) is 0 Å². The Morgan fingerprint density at radius 3 is 2.33 bits per heavy atom. The molecule has 1 aliphatic heterocycles. The number of nitrogens with zero attached hydrogens (tertiary/aromatic N) is 1. The lowest BCUT2D eigenvalue weighted by Crippen LogP contribution is -2.50. The van der Waals surface area contributed by atoms with Crippen LogP contribution < -0.4 is 5.32 Å². The molecular formula is C13H26N2O2S. The maximum atomic E-state index is 12.1. The summed E-state index contributed by atoms with van der Waals surface area (Å²) in [6, 6.07) is 0.242. The number of hydrogen-bond acceptors (Lipinski definition) is 3. The molecule has 0 aromatic carbocycles. The second kappa shape index (κ2) is 7.24. The minimum absolute atomic E-state index is 0.100. The highest BCUT2D eigenvalue weighted by molar-refractivity contribution is 7.85. The Morgan fingerprint density at radius 2 is 1.89 bits per heavy atom. The molecule has 5 heteroatoms. The lowest BCUT2D eigenvalue weighted by molar-refractivity contribution is -0.131. The van der Waals surface area contributed by atoms with Crippen molar-refractivity contribution in [3.63, 3.8) is 0 Å². The Kier molecular flexibility index (Phi) is 6.29. The molecule has 1 saturated heterocycles. The van der Waals surface area contributed by atoms with Crippen LogP contribution in [0.15, 0.2) is 0 Å². The van der Waals surface area contributed by atoms with Gasteiger partial charge in [-0.3, -0.25) is 9.00 Å². The van der Waals surface area contributed by atoms with Gasteiger partial charge >= 0.3 is 0 Å². The number of amides is 1. The molecule has 0 aromatic heterocycles. The fourth-order valence-electron chi connectivity index (χ4n) is 2.27. The minimum atomic E-state index is -0.641. The summed E-state index contributed by atoms with van der Waals surface area (Å²) in [6.07, 6.45) is 2.69. The largest absolute Gasteiger partial charge is 0.347 e. The quantitative estimate of drug-likeness (QED) is 0.813. The second-order valence-corrected chi connectivity index (χ2v) is 7.40. The Bertz CT molecular complexity index is 295. The van der Waals surface area contributed by atoms with Gasteiger partial charge in [-0.1, -0.05) is 13.8 Å². The first-order valence-corrected chi connectivity index (χ1v) is 8.21. The van der Waals surface area contributed by atoms with E-state index < -0.39 is 10.8 Å². The van der Waals surface area contributed by atoms with Gasteiger partial charge in [0.25, 0.3) is 0 Å². The predicted octanol–water partition coefficient (Wildman–Crippen LogP) is 0.990. The van der Waals surface area contributed by atoms with Gasteiger partial charge < -0.3 is 10.2 Å². The van der Waals surface area contributed by atoms with Crippen molar-refractivity contribution in [2.24, 2.45) is 5.92 Å². The fraction of sp³-hybridized carbons (Fsp3) is 0.923. The van der Waals surface area contributed by atoms with E-state index in [0.29, 0.717) is 12.0 Å². The first-order valence-electron chi connectivity index (χ1n) is 6.72. The number of likely N-dealkylation sites (N-methyl/N-ethyl adjacent to an activating group) is 1. The van der Waals surface area contributed by atoms with Crippen molar-refractivity contribution < 1.29 is 9.00 Å². The maximum Gasteiger partial charge on any atom is 0.239 e. The number of carbonyl (C=O) groups excluding carboxylic acids is 1. The van der Waals surface area contributed by atoms with Crippen LogP contribution in [0.2, 0.25) is 0 Å². The van der Waals surface area contributed by atoms with E-state index in [1.807, 2.05) is 0 Å². The fourth-order valence-corrected chi connectivity index (χ4v) is 3.57. The number of carbonyl (C=O) groups is 1. The summed E-state index contributed by atoms with van der Waals surface area (Å²) in [6.45, 7) is 4.26. The summed E-state index contributed by atoms with van der Waals surface area (Å²) < 4.78 is 11.3. The van der Waals surface area contributed by atoms with E-state index in [0.717, 1.165) is 30.8 Å². The molecule has 1 aliphatic rings. The third kappa shape index (κ3) is 5.06. The maximum absolute atomic E-state index is 12.1. The standard InChI is InChI=1S/C13H26N2O2S/c1-10(2)9-12(13(16)15(3)4)14-11-5-7-18(17)8-6-11/h10-12,14H,5-9H2,1-4H3. The molecule has 1 atom stereocenters. The van der Waals surface area contributed by atoms with Crippen molar-refractivity contribution in [2.75, 3.05) is 25.6 Å². The molecule has 0 aromatic rings. The Hall–Kier alpha value is -0.420. The zero-order chi connectivity index (χ0) is 13.7. The van der Waals surface area contributed by atoms with Crippen LogP contribution in [-0.4, -0.2) is 52.7 Å². The highest BCUT2D eigenvalue weighted by atomic mass is 32.2. The van der Waals surface area contributed by atoms with Gasteiger partial charge in [0.05, 0.1) is 6.04 Å². The Balaban J connectivity index is 2.55. The van der Waals surface area contributed by atoms with E-state index in [2.05, 4.69) is 19.2 Å². The van der Waals surface area contributed by atoms with E-state index >= 15 is 0 Å². The Labute approximate surface area is 113 Å². The molecule has 1 rings (SSSR count). The van der Waals surface area contributed by atoms with Crippen LogP contribution in [0.3, 0.4) is 0 Å². The van der Waals surface area contributed by atoms with E-state index in [4.69, 9.17) is 0 Å². The predicted molar refractivity (Wildman–Crippen MR) is 76.0 cm³/mol. The van der Waals surface area contributed by atoms with Crippen molar-refractivity contribution in [1.82, 2.24) is 10.2 Å². The highest BCUT2D eigenvalue weighted by Gasteiger charge is 2.26. The molecule has 106 valence electrons. The monoisotopic (exact) mass is 274 g/mol. The van der Waals surface area contributed by atoms with Gasteiger partial charge in [-0.15, -0.1) is 0 Å². The molecular weight excluding hydrogens is 248 g/mol. The molecule has 0 saturated carbocycles. The summed E-state index contributed by atoms with van der Waals surface area (Å²) >= 11 is 0. The molecule has 0 radical (unpaired) electrons. The molecule has 1 amide bonds. The summed E-state index contributed by atoms with van der Waals surface area (Å²) in [5.74, 6) is 2.17. The van der Waals surface area contributed by atoms with Crippen LogP contribution in [0.1, 0.15) is 33.1 Å². The second-order valence-electron chi connectivity index (χ2n) is 5.70. The van der Waals surface area contributed by atoms with Crippen LogP contribution in [0.25, 0.3) is 0 Å². The van der Waals surface area contributed by atoms with Gasteiger partial charge in [-0.05, 0) is 25.2 Å². The number of rotatable bonds is 5. The molecule has 4 nitrogen and oxygen atoms in total. The molecule has 0 aliphatic carbocycles. The van der Waals surface area contributed by atoms with Crippen LogP contribution in [0.4, 0.5) is 0 Å². The van der Waals surface area contributed by atoms with Gasteiger partial charge in [0.2, 0.25) is 5.91 Å². The third-order valence-corrected chi connectivity index (χ3v) is 4.65. The lowest BCUT2D eigenvalue weighted by Gasteiger charge is -2.30. The summed E-state index contributed by atoms with van der Waals surface area (Å²) in [4.78, 5) is 13.8. The van der Waals surface area contributed by atoms with Crippen LogP contribution in [0, 0.1) is 5.92 Å². The van der Waals surface area contributed by atoms with Crippen LogP contribution >= 0.6 is 0 Å². The van der Waals surface area contributed by atoms with Crippen molar-refractivity contribution in [1.29, 1.82) is 0 Å². The van der Waals surface area contributed by atoms with Crippen molar-refractivity contribution >= 4 is 16.7 Å². The van der Waals surface area contributed by atoms with E-state index in [-0.39, 0.29) is 11.9 Å². The number of hydrogen-bond donors (Lipinski definition) is 1. The minimum Gasteiger partial charge on any atom is -0.347 e. The normalized spacial score (nSPS) is 26.1. The van der Waals surface area contributed by atoms with Crippen molar-refractivity contribution in [3.8, 4) is 0 Å². The topological polar surface area (TPSA) is 49.4 Å². The molecule has 0 bridgehead atoms. The molecule has 1 heterocycles. The molecule has 1 fully saturated rings. The molecule has 0 spiro atoms. The van der Waals surface area contributed by atoms with Gasteiger partial charge in [-0.2, -0.15) is 0 Å². The zero-order valence-electron chi connectivity index (χ0n) is 11.9. The van der Waals surface area contributed by atoms with Gasteiger partial charge in [0.15, 0.2) is 0 Å². The highest BCUT2D eigenvalue weighted by Crippen LogP contribution is 2.13. The Morgan fingerprint density at radius 1 is 1.33 bits per heavy atom. The van der Waals surface area contributed by atoms with E-state index in [9.17, 15) is 9.00 Å². The molecule has 1 N–H and O–H groups in total. The van der Waals surface area contributed by atoms with Crippen molar-refractivity contribution in [2.45, 2.75) is 45.2 Å². The van der Waals surface area contributed by atoms with Crippen LogP contribution in [0.5, 0.6) is 0 Å².